The standard InChI is InChI=1S/C17H25N5O/c1-5-6-11-9-13(22-16(20-11)18-10-19-22)21(4)14-12-7-8-23-15(12)17(14,2)3/h9-10,12,14-15H,5-8H2,1-4H3/t12-,14-,15+/m1/s1. The topological polar surface area (TPSA) is 55.6 Å². The summed E-state index contributed by atoms with van der Waals surface area (Å²) in [6, 6.07) is 2.63. The summed E-state index contributed by atoms with van der Waals surface area (Å²) < 4.78 is 7.80. The van der Waals surface area contributed by atoms with E-state index in [1.54, 1.807) is 6.33 Å². The van der Waals surface area contributed by atoms with Crippen LogP contribution in [0.15, 0.2) is 12.4 Å². The molecule has 0 bridgehead atoms. The first-order chi connectivity index (χ1) is 11.0. The SMILES string of the molecule is CCCc1cc(N(C)[C@@H]2[C@H]3CCO[C@@H]3C2(C)C)n2ncnc2n1. The zero-order valence-corrected chi connectivity index (χ0v) is 14.4. The van der Waals surface area contributed by atoms with Gasteiger partial charge in [-0.25, -0.2) is 4.98 Å². The van der Waals surface area contributed by atoms with Gasteiger partial charge in [-0.2, -0.15) is 14.6 Å². The zero-order valence-electron chi connectivity index (χ0n) is 14.4. The van der Waals surface area contributed by atoms with Crippen LogP contribution in [-0.4, -0.2) is 45.4 Å². The highest BCUT2D eigenvalue weighted by Crippen LogP contribution is 2.54. The van der Waals surface area contributed by atoms with Crippen molar-refractivity contribution in [3.63, 3.8) is 0 Å². The zero-order chi connectivity index (χ0) is 16.2. The van der Waals surface area contributed by atoms with Gasteiger partial charge in [-0.05, 0) is 12.8 Å². The number of aromatic nitrogens is 4. The van der Waals surface area contributed by atoms with Crippen molar-refractivity contribution in [1.82, 2.24) is 19.6 Å². The molecule has 3 atom stereocenters. The predicted octanol–water partition coefficient (Wildman–Crippen LogP) is 2.33. The molecule has 1 aliphatic carbocycles. The van der Waals surface area contributed by atoms with Crippen LogP contribution >= 0.6 is 0 Å². The van der Waals surface area contributed by atoms with Gasteiger partial charge in [0.25, 0.3) is 5.78 Å². The second-order valence-corrected chi connectivity index (χ2v) is 7.45. The Kier molecular flexibility index (Phi) is 3.34. The first kappa shape index (κ1) is 14.9. The Morgan fingerprint density at radius 1 is 1.43 bits per heavy atom. The number of aryl methyl sites for hydroxylation is 1. The lowest BCUT2D eigenvalue weighted by molar-refractivity contribution is -0.101. The van der Waals surface area contributed by atoms with Gasteiger partial charge in [0.15, 0.2) is 0 Å². The highest BCUT2D eigenvalue weighted by atomic mass is 16.5. The van der Waals surface area contributed by atoms with Crippen molar-refractivity contribution in [1.29, 1.82) is 0 Å². The van der Waals surface area contributed by atoms with Gasteiger partial charge in [0.2, 0.25) is 0 Å². The quantitative estimate of drug-likeness (QED) is 0.867. The molecule has 0 N–H and O–H groups in total. The number of hydrogen-bond donors (Lipinski definition) is 0. The van der Waals surface area contributed by atoms with Gasteiger partial charge in [-0.3, -0.25) is 0 Å². The van der Waals surface area contributed by atoms with Crippen LogP contribution in [0.1, 0.15) is 39.3 Å². The number of rotatable bonds is 4. The van der Waals surface area contributed by atoms with Crippen molar-refractivity contribution in [2.24, 2.45) is 11.3 Å². The van der Waals surface area contributed by atoms with Gasteiger partial charge >= 0.3 is 0 Å². The Labute approximate surface area is 136 Å². The van der Waals surface area contributed by atoms with Gasteiger partial charge in [0.05, 0.1) is 6.10 Å². The second-order valence-electron chi connectivity index (χ2n) is 7.45. The van der Waals surface area contributed by atoms with Crippen LogP contribution in [0, 0.1) is 11.3 Å². The first-order valence-electron chi connectivity index (χ1n) is 8.58. The maximum Gasteiger partial charge on any atom is 0.254 e. The van der Waals surface area contributed by atoms with E-state index < -0.39 is 0 Å². The molecule has 3 heterocycles. The maximum atomic E-state index is 5.94. The average Bonchev–Trinajstić information content (AvgIpc) is 3.13. The molecule has 0 unspecified atom stereocenters. The summed E-state index contributed by atoms with van der Waals surface area (Å²) in [4.78, 5) is 11.3. The molecule has 0 amide bonds. The smallest absolute Gasteiger partial charge is 0.254 e. The van der Waals surface area contributed by atoms with E-state index in [1.807, 2.05) is 4.52 Å². The van der Waals surface area contributed by atoms with Crippen molar-refractivity contribution in [3.05, 3.63) is 18.1 Å². The van der Waals surface area contributed by atoms with E-state index in [0.29, 0.717) is 23.8 Å². The molecular formula is C17H25N5O. The van der Waals surface area contributed by atoms with E-state index >= 15 is 0 Å². The minimum Gasteiger partial charge on any atom is -0.377 e. The lowest BCUT2D eigenvalue weighted by Gasteiger charge is -2.58. The molecule has 23 heavy (non-hydrogen) atoms. The lowest BCUT2D eigenvalue weighted by Crippen LogP contribution is -2.66. The van der Waals surface area contributed by atoms with Crippen molar-refractivity contribution in [3.8, 4) is 0 Å². The summed E-state index contributed by atoms with van der Waals surface area (Å²) in [5, 5.41) is 4.39. The number of hydrogen-bond acceptors (Lipinski definition) is 5. The summed E-state index contributed by atoms with van der Waals surface area (Å²) in [5.74, 6) is 2.38. The Morgan fingerprint density at radius 3 is 3.04 bits per heavy atom. The largest absolute Gasteiger partial charge is 0.377 e. The second kappa shape index (κ2) is 5.16. The molecular weight excluding hydrogens is 290 g/mol. The van der Waals surface area contributed by atoms with E-state index in [9.17, 15) is 0 Å². The van der Waals surface area contributed by atoms with Crippen molar-refractivity contribution in [2.75, 3.05) is 18.6 Å². The molecule has 0 radical (unpaired) electrons. The van der Waals surface area contributed by atoms with E-state index in [0.717, 1.165) is 37.4 Å². The molecule has 2 fully saturated rings. The highest BCUT2D eigenvalue weighted by molar-refractivity contribution is 5.49. The van der Waals surface area contributed by atoms with Crippen LogP contribution < -0.4 is 4.90 Å². The molecule has 1 saturated heterocycles. The van der Waals surface area contributed by atoms with Crippen molar-refractivity contribution < 1.29 is 4.74 Å². The first-order valence-corrected chi connectivity index (χ1v) is 8.58. The van der Waals surface area contributed by atoms with E-state index in [1.165, 1.54) is 0 Å². The number of nitrogens with zero attached hydrogens (tertiary/aromatic N) is 5. The molecule has 1 saturated carbocycles. The molecule has 6 nitrogen and oxygen atoms in total. The lowest BCUT2D eigenvalue weighted by atomic mass is 9.57. The van der Waals surface area contributed by atoms with Crippen molar-refractivity contribution >= 4 is 11.6 Å². The minimum atomic E-state index is 0.150. The van der Waals surface area contributed by atoms with E-state index in [2.05, 4.69) is 53.9 Å². The van der Waals surface area contributed by atoms with E-state index in [-0.39, 0.29) is 5.41 Å². The molecule has 2 aromatic heterocycles. The Balaban J connectivity index is 1.74. The summed E-state index contributed by atoms with van der Waals surface area (Å²) in [6.45, 7) is 7.69. The molecule has 0 aromatic carbocycles. The molecule has 2 aromatic rings. The van der Waals surface area contributed by atoms with Gasteiger partial charge in [0, 0.05) is 42.8 Å². The van der Waals surface area contributed by atoms with Crippen LogP contribution in [0.3, 0.4) is 0 Å². The highest BCUT2D eigenvalue weighted by Gasteiger charge is 2.61. The third-order valence-electron chi connectivity index (χ3n) is 5.61. The predicted molar refractivity (Wildman–Crippen MR) is 88.6 cm³/mol. The average molecular weight is 315 g/mol. The van der Waals surface area contributed by atoms with Crippen LogP contribution in [0.25, 0.3) is 5.78 Å². The number of ether oxygens (including phenoxy) is 1. The molecule has 124 valence electrons. The van der Waals surface area contributed by atoms with Gasteiger partial charge in [-0.1, -0.05) is 27.2 Å². The monoisotopic (exact) mass is 315 g/mol. The van der Waals surface area contributed by atoms with Gasteiger partial charge < -0.3 is 9.64 Å². The summed E-state index contributed by atoms with van der Waals surface area (Å²) >= 11 is 0. The van der Waals surface area contributed by atoms with Crippen LogP contribution in [0.4, 0.5) is 5.82 Å². The van der Waals surface area contributed by atoms with Crippen LogP contribution in [0.2, 0.25) is 0 Å². The Hall–Kier alpha value is -1.69. The molecule has 1 aliphatic heterocycles. The number of fused-ring (bicyclic) bond motifs is 2. The van der Waals surface area contributed by atoms with Crippen LogP contribution in [0.5, 0.6) is 0 Å². The summed E-state index contributed by atoms with van der Waals surface area (Å²) in [5.41, 5.74) is 1.24. The molecule has 0 spiro atoms. The third kappa shape index (κ3) is 2.07. The Bertz CT molecular complexity index is 725. The Morgan fingerprint density at radius 2 is 2.26 bits per heavy atom. The molecule has 6 heteroatoms. The van der Waals surface area contributed by atoms with Gasteiger partial charge in [0.1, 0.15) is 12.1 Å². The number of anilines is 1. The minimum absolute atomic E-state index is 0.150. The summed E-state index contributed by atoms with van der Waals surface area (Å²) in [7, 11) is 2.17. The third-order valence-corrected chi connectivity index (χ3v) is 5.61. The maximum absolute atomic E-state index is 5.94. The fraction of sp³-hybridized carbons (Fsp3) is 0.706. The van der Waals surface area contributed by atoms with Crippen LogP contribution in [-0.2, 0) is 11.2 Å². The van der Waals surface area contributed by atoms with Crippen molar-refractivity contribution in [2.45, 2.75) is 52.2 Å². The van der Waals surface area contributed by atoms with E-state index in [4.69, 9.17) is 4.74 Å². The molecule has 2 aliphatic rings. The fourth-order valence-corrected chi connectivity index (χ4v) is 4.71. The molecule has 4 rings (SSSR count). The fourth-order valence-electron chi connectivity index (χ4n) is 4.71. The normalized spacial score (nSPS) is 28.6. The van der Waals surface area contributed by atoms with Gasteiger partial charge in [-0.15, -0.1) is 0 Å². The summed E-state index contributed by atoms with van der Waals surface area (Å²) in [6.07, 6.45) is 5.17.